The van der Waals surface area contributed by atoms with E-state index in [1.54, 1.807) is 6.20 Å². The fourth-order valence-electron chi connectivity index (χ4n) is 3.15. The Morgan fingerprint density at radius 3 is 2.83 bits per heavy atom. The van der Waals surface area contributed by atoms with Gasteiger partial charge in [-0.1, -0.05) is 17.7 Å². The van der Waals surface area contributed by atoms with E-state index < -0.39 is 0 Å². The van der Waals surface area contributed by atoms with Gasteiger partial charge in [0.15, 0.2) is 0 Å². The molecule has 0 unspecified atom stereocenters. The molecule has 1 N–H and O–H groups in total. The molecule has 24 heavy (non-hydrogen) atoms. The molecular formula is C19H24N4O. The Morgan fingerprint density at radius 1 is 1.25 bits per heavy atom. The predicted octanol–water partition coefficient (Wildman–Crippen LogP) is 3.26. The lowest BCUT2D eigenvalue weighted by atomic mass is 9.97. The average Bonchev–Trinajstić information content (AvgIpc) is 2.57. The van der Waals surface area contributed by atoms with Crippen molar-refractivity contribution in [3.8, 4) is 0 Å². The first-order valence-electron chi connectivity index (χ1n) is 8.45. The van der Waals surface area contributed by atoms with Crippen molar-refractivity contribution in [2.24, 2.45) is 5.92 Å². The summed E-state index contributed by atoms with van der Waals surface area (Å²) in [4.78, 5) is 23.6. The highest BCUT2D eigenvalue weighted by molar-refractivity contribution is 5.93. The molecule has 3 rings (SSSR count). The number of piperidine rings is 1. The summed E-state index contributed by atoms with van der Waals surface area (Å²) in [6, 6.07) is 7.98. The quantitative estimate of drug-likeness (QED) is 0.941. The number of amides is 1. The van der Waals surface area contributed by atoms with Gasteiger partial charge >= 0.3 is 0 Å². The van der Waals surface area contributed by atoms with Gasteiger partial charge in [0, 0.05) is 30.7 Å². The van der Waals surface area contributed by atoms with E-state index in [2.05, 4.69) is 33.2 Å². The highest BCUT2D eigenvalue weighted by atomic mass is 16.1. The minimum atomic E-state index is -0.0384. The van der Waals surface area contributed by atoms with Crippen molar-refractivity contribution >= 4 is 17.5 Å². The standard InChI is InChI=1S/C19H24N4O/c1-13-6-7-17(14(2)11-13)22-18(24)16-5-4-10-23(12-16)19-20-9-8-15(3)21-19/h6-9,11,16H,4-5,10,12H2,1-3H3,(H,22,24)/t16-/m0/s1. The summed E-state index contributed by atoms with van der Waals surface area (Å²) in [5, 5.41) is 3.08. The lowest BCUT2D eigenvalue weighted by molar-refractivity contribution is -0.120. The van der Waals surface area contributed by atoms with Gasteiger partial charge in [0.1, 0.15) is 0 Å². The van der Waals surface area contributed by atoms with Crippen LogP contribution in [0.4, 0.5) is 11.6 Å². The second-order valence-electron chi connectivity index (χ2n) is 6.59. The van der Waals surface area contributed by atoms with E-state index >= 15 is 0 Å². The molecule has 1 aliphatic heterocycles. The van der Waals surface area contributed by atoms with Gasteiger partial charge < -0.3 is 10.2 Å². The number of nitrogens with one attached hydrogen (secondary N) is 1. The van der Waals surface area contributed by atoms with Crippen LogP contribution in [0.1, 0.15) is 29.7 Å². The third kappa shape index (κ3) is 3.72. The number of rotatable bonds is 3. The summed E-state index contributed by atoms with van der Waals surface area (Å²) < 4.78 is 0. The molecule has 0 saturated carbocycles. The second kappa shape index (κ2) is 6.99. The molecule has 1 amide bonds. The van der Waals surface area contributed by atoms with E-state index in [0.29, 0.717) is 6.54 Å². The van der Waals surface area contributed by atoms with E-state index in [0.717, 1.165) is 42.3 Å². The highest BCUT2D eigenvalue weighted by Gasteiger charge is 2.27. The molecule has 1 saturated heterocycles. The zero-order valence-corrected chi connectivity index (χ0v) is 14.5. The van der Waals surface area contributed by atoms with Crippen molar-refractivity contribution in [2.75, 3.05) is 23.3 Å². The predicted molar refractivity (Wildman–Crippen MR) is 96.3 cm³/mol. The Labute approximate surface area is 143 Å². The van der Waals surface area contributed by atoms with Gasteiger partial charge in [0.25, 0.3) is 0 Å². The summed E-state index contributed by atoms with van der Waals surface area (Å²) in [7, 11) is 0. The highest BCUT2D eigenvalue weighted by Crippen LogP contribution is 2.23. The Balaban J connectivity index is 1.69. The Hall–Kier alpha value is -2.43. The molecule has 1 aromatic heterocycles. The topological polar surface area (TPSA) is 58.1 Å². The minimum Gasteiger partial charge on any atom is -0.340 e. The second-order valence-corrected chi connectivity index (χ2v) is 6.59. The van der Waals surface area contributed by atoms with Gasteiger partial charge in [-0.25, -0.2) is 9.97 Å². The van der Waals surface area contributed by atoms with Crippen LogP contribution < -0.4 is 10.2 Å². The summed E-state index contributed by atoms with van der Waals surface area (Å²) >= 11 is 0. The van der Waals surface area contributed by atoms with Crippen LogP contribution in [0.15, 0.2) is 30.5 Å². The van der Waals surface area contributed by atoms with Gasteiger partial charge in [-0.15, -0.1) is 0 Å². The molecular weight excluding hydrogens is 300 g/mol. The van der Waals surface area contributed by atoms with Crippen LogP contribution in [-0.4, -0.2) is 29.0 Å². The molecule has 2 aromatic rings. The minimum absolute atomic E-state index is 0.0384. The lowest BCUT2D eigenvalue weighted by Gasteiger charge is -2.32. The molecule has 0 aliphatic carbocycles. The maximum Gasteiger partial charge on any atom is 0.229 e. The smallest absolute Gasteiger partial charge is 0.229 e. The number of benzene rings is 1. The molecule has 1 aliphatic rings. The fourth-order valence-corrected chi connectivity index (χ4v) is 3.15. The molecule has 5 heteroatoms. The normalized spacial score (nSPS) is 17.6. The van der Waals surface area contributed by atoms with Crippen LogP contribution in [0.5, 0.6) is 0 Å². The number of carbonyl (C=O) groups is 1. The fraction of sp³-hybridized carbons (Fsp3) is 0.421. The number of aromatic nitrogens is 2. The number of aryl methyl sites for hydroxylation is 3. The number of carbonyl (C=O) groups excluding carboxylic acids is 1. The average molecular weight is 324 g/mol. The molecule has 0 radical (unpaired) electrons. The van der Waals surface area contributed by atoms with E-state index in [9.17, 15) is 4.79 Å². The molecule has 126 valence electrons. The van der Waals surface area contributed by atoms with Crippen molar-refractivity contribution in [3.63, 3.8) is 0 Å². The number of hydrogen-bond donors (Lipinski definition) is 1. The van der Waals surface area contributed by atoms with Gasteiger partial charge in [0.2, 0.25) is 11.9 Å². The molecule has 0 bridgehead atoms. The first-order valence-corrected chi connectivity index (χ1v) is 8.45. The molecule has 0 spiro atoms. The van der Waals surface area contributed by atoms with Crippen LogP contribution >= 0.6 is 0 Å². The van der Waals surface area contributed by atoms with Crippen LogP contribution in [0.2, 0.25) is 0 Å². The third-order valence-corrected chi connectivity index (χ3v) is 4.50. The van der Waals surface area contributed by atoms with Crippen LogP contribution in [-0.2, 0) is 4.79 Å². The van der Waals surface area contributed by atoms with Crippen molar-refractivity contribution in [1.82, 2.24) is 9.97 Å². The largest absolute Gasteiger partial charge is 0.340 e. The van der Waals surface area contributed by atoms with Crippen molar-refractivity contribution in [3.05, 3.63) is 47.3 Å². The monoisotopic (exact) mass is 324 g/mol. The zero-order valence-electron chi connectivity index (χ0n) is 14.5. The maximum absolute atomic E-state index is 12.7. The number of hydrogen-bond acceptors (Lipinski definition) is 4. The molecule has 1 aromatic carbocycles. The first-order chi connectivity index (χ1) is 11.5. The number of anilines is 2. The maximum atomic E-state index is 12.7. The SMILES string of the molecule is Cc1ccc(NC(=O)[C@H]2CCCN(c3nccc(C)n3)C2)c(C)c1. The third-order valence-electron chi connectivity index (χ3n) is 4.50. The van der Waals surface area contributed by atoms with Gasteiger partial charge in [-0.3, -0.25) is 4.79 Å². The molecule has 2 heterocycles. The Kier molecular flexibility index (Phi) is 4.79. The van der Waals surface area contributed by atoms with Crippen LogP contribution in [0.25, 0.3) is 0 Å². The number of nitrogens with zero attached hydrogens (tertiary/aromatic N) is 3. The molecule has 1 fully saturated rings. The zero-order chi connectivity index (χ0) is 17.1. The van der Waals surface area contributed by atoms with Crippen molar-refractivity contribution in [2.45, 2.75) is 33.6 Å². The summed E-state index contributed by atoms with van der Waals surface area (Å²) in [6.45, 7) is 7.60. The Bertz CT molecular complexity index is 744. The lowest BCUT2D eigenvalue weighted by Crippen LogP contribution is -2.41. The van der Waals surface area contributed by atoms with Crippen LogP contribution in [0, 0.1) is 26.7 Å². The summed E-state index contributed by atoms with van der Waals surface area (Å²) in [5.74, 6) is 0.766. The van der Waals surface area contributed by atoms with Gasteiger partial charge in [0.05, 0.1) is 5.92 Å². The molecule has 5 nitrogen and oxygen atoms in total. The van der Waals surface area contributed by atoms with E-state index in [1.165, 1.54) is 5.56 Å². The van der Waals surface area contributed by atoms with Gasteiger partial charge in [-0.05, 0) is 51.3 Å². The van der Waals surface area contributed by atoms with E-state index in [1.807, 2.05) is 32.0 Å². The van der Waals surface area contributed by atoms with Gasteiger partial charge in [-0.2, -0.15) is 0 Å². The van der Waals surface area contributed by atoms with E-state index in [-0.39, 0.29) is 11.8 Å². The van der Waals surface area contributed by atoms with Crippen LogP contribution in [0.3, 0.4) is 0 Å². The summed E-state index contributed by atoms with van der Waals surface area (Å²) in [6.07, 6.45) is 3.65. The first kappa shape index (κ1) is 16.4. The molecule has 1 atom stereocenters. The Morgan fingerprint density at radius 2 is 2.08 bits per heavy atom. The van der Waals surface area contributed by atoms with E-state index in [4.69, 9.17) is 0 Å². The van der Waals surface area contributed by atoms with Crippen molar-refractivity contribution in [1.29, 1.82) is 0 Å². The van der Waals surface area contributed by atoms with Crippen molar-refractivity contribution < 1.29 is 4.79 Å². The summed E-state index contributed by atoms with van der Waals surface area (Å²) in [5.41, 5.74) is 4.14.